The third kappa shape index (κ3) is 3.41. The van der Waals surface area contributed by atoms with Gasteiger partial charge in [0.15, 0.2) is 0 Å². The number of aromatic nitrogens is 2. The molecular formula is C16H19BrN2. The second-order valence-electron chi connectivity index (χ2n) is 5.70. The van der Waals surface area contributed by atoms with E-state index in [4.69, 9.17) is 4.98 Å². The molecule has 2 nitrogen and oxygen atoms in total. The normalized spacial score (nSPS) is 11.6. The topological polar surface area (TPSA) is 25.8 Å². The number of halogens is 1. The fraction of sp³-hybridized carbons (Fsp3) is 0.375. The molecule has 0 bridgehead atoms. The molecule has 3 heteroatoms. The zero-order valence-corrected chi connectivity index (χ0v) is 13.5. The Morgan fingerprint density at radius 1 is 1.11 bits per heavy atom. The first kappa shape index (κ1) is 14.2. The van der Waals surface area contributed by atoms with Gasteiger partial charge in [-0.2, -0.15) is 0 Å². The highest BCUT2D eigenvalue weighted by Gasteiger charge is 2.19. The Bertz CT molecular complexity index is 586. The molecule has 0 amide bonds. The van der Waals surface area contributed by atoms with Gasteiger partial charge in [0.25, 0.3) is 0 Å². The number of aryl methyl sites for hydroxylation is 1. The first-order valence-electron chi connectivity index (χ1n) is 6.54. The summed E-state index contributed by atoms with van der Waals surface area (Å²) in [5.41, 5.74) is 3.39. The Kier molecular flexibility index (Phi) is 4.04. The van der Waals surface area contributed by atoms with Crippen LogP contribution in [0.4, 0.5) is 0 Å². The summed E-state index contributed by atoms with van der Waals surface area (Å²) >= 11 is 3.49. The Balaban J connectivity index is 2.53. The van der Waals surface area contributed by atoms with Gasteiger partial charge >= 0.3 is 0 Å². The highest BCUT2D eigenvalue weighted by Crippen LogP contribution is 2.26. The van der Waals surface area contributed by atoms with Gasteiger partial charge in [-0.1, -0.05) is 45.9 Å². The van der Waals surface area contributed by atoms with Crippen LogP contribution < -0.4 is 0 Å². The van der Waals surface area contributed by atoms with E-state index in [1.165, 1.54) is 5.56 Å². The quantitative estimate of drug-likeness (QED) is 0.746. The minimum atomic E-state index is -0.0547. The van der Waals surface area contributed by atoms with E-state index in [9.17, 15) is 0 Å². The zero-order chi connectivity index (χ0) is 14.0. The molecule has 0 unspecified atom stereocenters. The molecule has 1 aromatic carbocycles. The number of benzene rings is 1. The van der Waals surface area contributed by atoms with Crippen molar-refractivity contribution in [3.8, 4) is 11.3 Å². The first-order chi connectivity index (χ1) is 8.90. The number of hydrogen-bond acceptors (Lipinski definition) is 2. The molecule has 0 aliphatic rings. The van der Waals surface area contributed by atoms with Crippen LogP contribution in [-0.4, -0.2) is 9.97 Å². The van der Waals surface area contributed by atoms with E-state index in [0.29, 0.717) is 0 Å². The van der Waals surface area contributed by atoms with Gasteiger partial charge in [0, 0.05) is 11.0 Å². The van der Waals surface area contributed by atoms with Crippen molar-refractivity contribution in [3.05, 3.63) is 46.3 Å². The van der Waals surface area contributed by atoms with Crippen molar-refractivity contribution in [3.63, 3.8) is 0 Å². The molecule has 0 N–H and O–H groups in total. The average molecular weight is 319 g/mol. The first-order valence-corrected chi connectivity index (χ1v) is 7.34. The number of nitrogens with zero attached hydrogens (tertiary/aromatic N) is 2. The summed E-state index contributed by atoms with van der Waals surface area (Å²) in [4.78, 5) is 9.19. The lowest BCUT2D eigenvalue weighted by Crippen LogP contribution is -2.16. The zero-order valence-electron chi connectivity index (χ0n) is 11.9. The number of rotatable bonds is 2. The van der Waals surface area contributed by atoms with E-state index in [-0.39, 0.29) is 5.41 Å². The molecule has 0 aliphatic heterocycles. The van der Waals surface area contributed by atoms with E-state index in [0.717, 1.165) is 28.1 Å². The summed E-state index contributed by atoms with van der Waals surface area (Å²) in [7, 11) is 0. The van der Waals surface area contributed by atoms with Crippen molar-refractivity contribution in [2.75, 3.05) is 0 Å². The van der Waals surface area contributed by atoms with Crippen LogP contribution in [-0.2, 0) is 11.8 Å². The van der Waals surface area contributed by atoms with E-state index in [1.807, 2.05) is 6.07 Å². The van der Waals surface area contributed by atoms with Crippen LogP contribution in [0.3, 0.4) is 0 Å². The SMILES string of the molecule is CCc1cccc(-c2cc(Br)nc(C(C)(C)C)n2)c1. The van der Waals surface area contributed by atoms with Crippen molar-refractivity contribution in [2.45, 2.75) is 39.5 Å². The highest BCUT2D eigenvalue weighted by atomic mass is 79.9. The second-order valence-corrected chi connectivity index (χ2v) is 6.52. The van der Waals surface area contributed by atoms with Crippen LogP contribution in [0.5, 0.6) is 0 Å². The summed E-state index contributed by atoms with van der Waals surface area (Å²) in [6.07, 6.45) is 1.03. The Morgan fingerprint density at radius 3 is 2.47 bits per heavy atom. The lowest BCUT2D eigenvalue weighted by Gasteiger charge is -2.17. The Labute approximate surface area is 123 Å². The monoisotopic (exact) mass is 318 g/mol. The van der Waals surface area contributed by atoms with Gasteiger partial charge in [-0.3, -0.25) is 0 Å². The minimum Gasteiger partial charge on any atom is -0.232 e. The fourth-order valence-corrected chi connectivity index (χ4v) is 2.24. The van der Waals surface area contributed by atoms with Gasteiger partial charge in [0.1, 0.15) is 10.4 Å². The molecule has 0 atom stereocenters. The maximum absolute atomic E-state index is 4.71. The molecule has 2 aromatic rings. The van der Waals surface area contributed by atoms with Gasteiger partial charge in [0.05, 0.1) is 5.69 Å². The van der Waals surface area contributed by atoms with E-state index >= 15 is 0 Å². The maximum atomic E-state index is 4.71. The third-order valence-electron chi connectivity index (χ3n) is 3.00. The molecule has 2 rings (SSSR count). The minimum absolute atomic E-state index is 0.0547. The largest absolute Gasteiger partial charge is 0.232 e. The van der Waals surface area contributed by atoms with Gasteiger partial charge < -0.3 is 0 Å². The number of hydrogen-bond donors (Lipinski definition) is 0. The van der Waals surface area contributed by atoms with Gasteiger partial charge in [-0.05, 0) is 40.0 Å². The molecule has 19 heavy (non-hydrogen) atoms. The predicted molar refractivity (Wildman–Crippen MR) is 83.2 cm³/mol. The summed E-state index contributed by atoms with van der Waals surface area (Å²) in [5, 5.41) is 0. The van der Waals surface area contributed by atoms with Crippen LogP contribution in [0.15, 0.2) is 34.9 Å². The predicted octanol–water partition coefficient (Wildman–Crippen LogP) is 4.77. The molecule has 0 saturated heterocycles. The van der Waals surface area contributed by atoms with Crippen LogP contribution in [0, 0.1) is 0 Å². The standard InChI is InChI=1S/C16H19BrN2/c1-5-11-7-6-8-12(9-11)13-10-14(17)19-15(18-13)16(2,3)4/h6-10H,5H2,1-4H3. The van der Waals surface area contributed by atoms with Crippen LogP contribution in [0.1, 0.15) is 39.1 Å². The molecule has 0 saturated carbocycles. The van der Waals surface area contributed by atoms with Crippen molar-refractivity contribution < 1.29 is 0 Å². The summed E-state index contributed by atoms with van der Waals surface area (Å²) in [6, 6.07) is 10.5. The van der Waals surface area contributed by atoms with Crippen molar-refractivity contribution in [1.29, 1.82) is 0 Å². The Morgan fingerprint density at radius 2 is 1.84 bits per heavy atom. The van der Waals surface area contributed by atoms with E-state index < -0.39 is 0 Å². The van der Waals surface area contributed by atoms with Gasteiger partial charge in [-0.25, -0.2) is 9.97 Å². The smallest absolute Gasteiger partial charge is 0.135 e. The molecule has 0 spiro atoms. The molecule has 1 aromatic heterocycles. The molecule has 100 valence electrons. The Hall–Kier alpha value is -1.22. The third-order valence-corrected chi connectivity index (χ3v) is 3.40. The van der Waals surface area contributed by atoms with Crippen molar-refractivity contribution in [1.82, 2.24) is 9.97 Å². The highest BCUT2D eigenvalue weighted by molar-refractivity contribution is 9.10. The lowest BCUT2D eigenvalue weighted by molar-refractivity contribution is 0.544. The molecule has 0 radical (unpaired) electrons. The summed E-state index contributed by atoms with van der Waals surface area (Å²) in [5.74, 6) is 0.860. The molecule has 0 fully saturated rings. The second kappa shape index (κ2) is 5.41. The van der Waals surface area contributed by atoms with E-state index in [1.54, 1.807) is 0 Å². The van der Waals surface area contributed by atoms with Crippen LogP contribution in [0.25, 0.3) is 11.3 Å². The van der Waals surface area contributed by atoms with E-state index in [2.05, 4.69) is 72.9 Å². The molecule has 0 aliphatic carbocycles. The molecule has 1 heterocycles. The summed E-state index contributed by atoms with van der Waals surface area (Å²) < 4.78 is 0.837. The van der Waals surface area contributed by atoms with Crippen molar-refractivity contribution >= 4 is 15.9 Å². The van der Waals surface area contributed by atoms with Crippen molar-refractivity contribution in [2.24, 2.45) is 0 Å². The van der Waals surface area contributed by atoms with Gasteiger partial charge in [0.2, 0.25) is 0 Å². The summed E-state index contributed by atoms with van der Waals surface area (Å²) in [6.45, 7) is 8.54. The molecular weight excluding hydrogens is 300 g/mol. The van der Waals surface area contributed by atoms with Crippen LogP contribution >= 0.6 is 15.9 Å². The fourth-order valence-electron chi connectivity index (χ4n) is 1.85. The average Bonchev–Trinajstić information content (AvgIpc) is 2.37. The lowest BCUT2D eigenvalue weighted by atomic mass is 9.95. The van der Waals surface area contributed by atoms with Crippen LogP contribution in [0.2, 0.25) is 0 Å². The van der Waals surface area contributed by atoms with Gasteiger partial charge in [-0.15, -0.1) is 0 Å². The maximum Gasteiger partial charge on any atom is 0.135 e.